The first-order valence-corrected chi connectivity index (χ1v) is 7.71. The Hall–Kier alpha value is -3.39. The van der Waals surface area contributed by atoms with Crippen LogP contribution in [0.5, 0.6) is 0 Å². The van der Waals surface area contributed by atoms with Crippen LogP contribution in [0.4, 0.5) is 4.39 Å². The number of carbonyl (C=O) groups is 2. The van der Waals surface area contributed by atoms with Crippen molar-refractivity contribution in [1.82, 2.24) is 10.3 Å². The van der Waals surface area contributed by atoms with Crippen molar-refractivity contribution in [1.29, 1.82) is 0 Å². The number of halogens is 1. The van der Waals surface area contributed by atoms with Crippen LogP contribution in [0.1, 0.15) is 21.6 Å². The first kappa shape index (κ1) is 16.5. The molecular weight excluding hydrogens is 319 g/mol. The number of amides is 1. The van der Waals surface area contributed by atoms with Gasteiger partial charge in [0, 0.05) is 16.6 Å². The highest BCUT2D eigenvalue weighted by Gasteiger charge is 2.21. The number of ketones is 1. The van der Waals surface area contributed by atoms with E-state index in [2.05, 4.69) is 22.1 Å². The summed E-state index contributed by atoms with van der Waals surface area (Å²) in [6, 6.07) is 13.4. The Morgan fingerprint density at radius 2 is 1.84 bits per heavy atom. The van der Waals surface area contributed by atoms with Gasteiger partial charge in [-0.25, -0.2) is 4.39 Å². The molecule has 2 aromatic carbocycles. The van der Waals surface area contributed by atoms with Gasteiger partial charge >= 0.3 is 0 Å². The fourth-order valence-corrected chi connectivity index (χ4v) is 2.59. The fraction of sp³-hybridized carbons (Fsp3) is 0.100. The van der Waals surface area contributed by atoms with Crippen LogP contribution in [0.3, 0.4) is 0 Å². The van der Waals surface area contributed by atoms with Gasteiger partial charge in [0.05, 0.1) is 17.7 Å². The van der Waals surface area contributed by atoms with Crippen LogP contribution in [-0.4, -0.2) is 23.2 Å². The van der Waals surface area contributed by atoms with E-state index in [9.17, 15) is 14.0 Å². The van der Waals surface area contributed by atoms with E-state index >= 15 is 0 Å². The van der Waals surface area contributed by atoms with Crippen LogP contribution in [-0.2, 0) is 4.79 Å². The fourth-order valence-electron chi connectivity index (χ4n) is 2.59. The van der Waals surface area contributed by atoms with Gasteiger partial charge in [0.1, 0.15) is 5.82 Å². The van der Waals surface area contributed by atoms with Crippen LogP contribution in [0.25, 0.3) is 10.9 Å². The highest BCUT2D eigenvalue weighted by atomic mass is 19.1. The lowest BCUT2D eigenvalue weighted by Crippen LogP contribution is -2.31. The molecule has 4 nitrogen and oxygen atoms in total. The molecule has 0 aliphatic carbocycles. The molecule has 0 spiro atoms. The van der Waals surface area contributed by atoms with Crippen LogP contribution in [0, 0.1) is 24.6 Å². The number of hydrogen-bond donors (Lipinski definition) is 2. The molecule has 2 N–H and O–H groups in total. The lowest BCUT2D eigenvalue weighted by molar-refractivity contribution is -0.116. The zero-order chi connectivity index (χ0) is 17.8. The van der Waals surface area contributed by atoms with Crippen LogP contribution in [0.2, 0.25) is 0 Å². The van der Waals surface area contributed by atoms with Gasteiger partial charge in [-0.05, 0) is 25.1 Å². The Morgan fingerprint density at radius 1 is 1.12 bits per heavy atom. The molecule has 0 radical (unpaired) electrons. The zero-order valence-electron chi connectivity index (χ0n) is 13.5. The lowest BCUT2D eigenvalue weighted by Gasteiger charge is -2.01. The standard InChI is InChI=1S/C20H15FN2O2/c1-13-18(15-9-3-5-11-17(15)23-13)19(24)20(25)22-12-6-8-14-7-2-4-10-16(14)21/h2-5,7,9-11,23H,12H2,1H3,(H,22,25). The van der Waals surface area contributed by atoms with Crippen LogP contribution >= 0.6 is 0 Å². The Bertz CT molecular complexity index is 1020. The predicted octanol–water partition coefficient (Wildman–Crippen LogP) is 2.97. The number of Topliss-reactive ketones (excluding diaryl/α,β-unsaturated/α-hetero) is 1. The number of benzene rings is 2. The average Bonchev–Trinajstić information content (AvgIpc) is 2.95. The highest BCUT2D eigenvalue weighted by Crippen LogP contribution is 2.22. The Kier molecular flexibility index (Phi) is 4.62. The topological polar surface area (TPSA) is 62.0 Å². The second-order valence-corrected chi connectivity index (χ2v) is 5.46. The van der Waals surface area contributed by atoms with Crippen molar-refractivity contribution in [2.45, 2.75) is 6.92 Å². The van der Waals surface area contributed by atoms with Gasteiger partial charge < -0.3 is 10.3 Å². The third-order valence-electron chi connectivity index (χ3n) is 3.76. The van der Waals surface area contributed by atoms with Gasteiger partial charge in [0.15, 0.2) is 0 Å². The van der Waals surface area contributed by atoms with E-state index in [4.69, 9.17) is 0 Å². The summed E-state index contributed by atoms with van der Waals surface area (Å²) in [4.78, 5) is 27.6. The van der Waals surface area contributed by atoms with Gasteiger partial charge in [-0.15, -0.1) is 0 Å². The number of fused-ring (bicyclic) bond motifs is 1. The molecule has 0 aliphatic rings. The summed E-state index contributed by atoms with van der Waals surface area (Å²) in [5, 5.41) is 3.16. The normalized spacial score (nSPS) is 10.2. The number of H-pyrrole nitrogens is 1. The summed E-state index contributed by atoms with van der Waals surface area (Å²) in [7, 11) is 0. The van der Waals surface area contributed by atoms with Gasteiger partial charge in [0.25, 0.3) is 11.7 Å². The summed E-state index contributed by atoms with van der Waals surface area (Å²) in [5.74, 6) is 3.48. The maximum Gasteiger partial charge on any atom is 0.293 e. The molecule has 0 saturated carbocycles. The molecule has 0 saturated heterocycles. The minimum absolute atomic E-state index is 0.0414. The second-order valence-electron chi connectivity index (χ2n) is 5.46. The van der Waals surface area contributed by atoms with E-state index < -0.39 is 17.5 Å². The number of carbonyl (C=O) groups excluding carboxylic acids is 2. The molecule has 3 rings (SSSR count). The number of para-hydroxylation sites is 1. The Balaban J connectivity index is 1.71. The largest absolute Gasteiger partial charge is 0.358 e. The second kappa shape index (κ2) is 7.02. The summed E-state index contributed by atoms with van der Waals surface area (Å²) in [6.07, 6.45) is 0. The summed E-state index contributed by atoms with van der Waals surface area (Å²) < 4.78 is 13.4. The molecule has 0 unspecified atom stereocenters. The molecule has 1 aromatic heterocycles. The molecule has 0 atom stereocenters. The quantitative estimate of drug-likeness (QED) is 0.439. The number of aromatic amines is 1. The van der Waals surface area contributed by atoms with Crippen molar-refractivity contribution in [3.63, 3.8) is 0 Å². The smallest absolute Gasteiger partial charge is 0.293 e. The summed E-state index contributed by atoms with van der Waals surface area (Å²) >= 11 is 0. The maximum absolute atomic E-state index is 13.4. The first-order valence-electron chi connectivity index (χ1n) is 7.71. The number of nitrogens with one attached hydrogen (secondary N) is 2. The minimum atomic E-state index is -0.740. The van der Waals surface area contributed by atoms with Gasteiger partial charge in [-0.2, -0.15) is 0 Å². The van der Waals surface area contributed by atoms with Crippen LogP contribution < -0.4 is 5.32 Å². The Labute approximate surface area is 144 Å². The number of aryl methyl sites for hydroxylation is 1. The highest BCUT2D eigenvalue weighted by molar-refractivity contribution is 6.45. The summed E-state index contributed by atoms with van der Waals surface area (Å²) in [6.45, 7) is 1.71. The monoisotopic (exact) mass is 334 g/mol. The van der Waals surface area contributed by atoms with E-state index in [1.165, 1.54) is 6.07 Å². The van der Waals surface area contributed by atoms with Crippen molar-refractivity contribution in [2.24, 2.45) is 0 Å². The predicted molar refractivity (Wildman–Crippen MR) is 93.7 cm³/mol. The van der Waals surface area contributed by atoms with Crippen molar-refractivity contribution in [3.8, 4) is 11.8 Å². The molecule has 25 heavy (non-hydrogen) atoms. The van der Waals surface area contributed by atoms with Crippen molar-refractivity contribution in [3.05, 3.63) is 71.2 Å². The third kappa shape index (κ3) is 3.43. The number of rotatable bonds is 3. The molecule has 0 bridgehead atoms. The van der Waals surface area contributed by atoms with E-state index in [1.54, 1.807) is 31.2 Å². The van der Waals surface area contributed by atoms with E-state index in [-0.39, 0.29) is 12.1 Å². The van der Waals surface area contributed by atoms with Gasteiger partial charge in [0.2, 0.25) is 0 Å². The van der Waals surface area contributed by atoms with E-state index in [1.807, 2.05) is 18.2 Å². The minimum Gasteiger partial charge on any atom is -0.358 e. The number of hydrogen-bond acceptors (Lipinski definition) is 2. The number of aromatic nitrogens is 1. The molecular formula is C20H15FN2O2. The summed E-state index contributed by atoms with van der Waals surface area (Å²) in [5.41, 5.74) is 2.04. The van der Waals surface area contributed by atoms with Gasteiger partial charge in [-0.1, -0.05) is 42.2 Å². The molecule has 1 amide bonds. The van der Waals surface area contributed by atoms with Crippen molar-refractivity contribution >= 4 is 22.6 Å². The molecule has 3 aromatic rings. The SMILES string of the molecule is Cc1[nH]c2ccccc2c1C(=O)C(=O)NCC#Cc1ccccc1F. The maximum atomic E-state index is 13.4. The molecule has 124 valence electrons. The molecule has 0 aliphatic heterocycles. The Morgan fingerprint density at radius 3 is 2.64 bits per heavy atom. The van der Waals surface area contributed by atoms with Crippen molar-refractivity contribution < 1.29 is 14.0 Å². The van der Waals surface area contributed by atoms with Gasteiger partial charge in [-0.3, -0.25) is 9.59 Å². The lowest BCUT2D eigenvalue weighted by atomic mass is 10.1. The molecule has 0 fully saturated rings. The van der Waals surface area contributed by atoms with E-state index in [0.29, 0.717) is 16.6 Å². The van der Waals surface area contributed by atoms with E-state index in [0.717, 1.165) is 5.52 Å². The van der Waals surface area contributed by atoms with Crippen LogP contribution in [0.15, 0.2) is 48.5 Å². The average molecular weight is 334 g/mol. The third-order valence-corrected chi connectivity index (χ3v) is 3.76. The first-order chi connectivity index (χ1) is 12.1. The zero-order valence-corrected chi connectivity index (χ0v) is 13.5. The molecule has 1 heterocycles. The molecule has 5 heteroatoms. The van der Waals surface area contributed by atoms with Crippen molar-refractivity contribution in [2.75, 3.05) is 6.54 Å².